The van der Waals surface area contributed by atoms with Crippen LogP contribution < -0.4 is 14.4 Å². The number of benzene rings is 1. The zero-order chi connectivity index (χ0) is 24.8. The molecular weight excluding hydrogens is 495 g/mol. The summed E-state index contributed by atoms with van der Waals surface area (Å²) in [5.74, 6) is -1.91. The van der Waals surface area contributed by atoms with Gasteiger partial charge in [-0.05, 0) is 17.3 Å². The van der Waals surface area contributed by atoms with E-state index in [0.717, 1.165) is 10.9 Å². The van der Waals surface area contributed by atoms with E-state index in [-0.39, 0.29) is 23.6 Å². The highest BCUT2D eigenvalue weighted by Crippen LogP contribution is 2.44. The number of hydrogen-bond donors (Lipinski definition) is 1. The average molecular weight is 511 g/mol. The summed E-state index contributed by atoms with van der Waals surface area (Å²) < 4.78 is 48.3. The first-order valence-corrected chi connectivity index (χ1v) is 11.1. The quantitative estimate of drug-likeness (QED) is 0.538. The van der Waals surface area contributed by atoms with E-state index in [1.54, 1.807) is 0 Å². The minimum atomic E-state index is -4.92. The topological polar surface area (TPSA) is 145 Å². The van der Waals surface area contributed by atoms with E-state index in [9.17, 15) is 22.8 Å². The Morgan fingerprint density at radius 1 is 1.23 bits per heavy atom. The van der Waals surface area contributed by atoms with Crippen LogP contribution in [0.4, 0.5) is 18.3 Å². The lowest BCUT2D eigenvalue weighted by molar-refractivity contribution is -0.274. The highest BCUT2D eigenvalue weighted by molar-refractivity contribution is 7.18. The normalized spacial score (nSPS) is 17.2. The second-order valence-electron chi connectivity index (χ2n) is 7.98. The summed E-state index contributed by atoms with van der Waals surface area (Å²) >= 11 is 1.20. The average Bonchev–Trinajstić information content (AvgIpc) is 3.42. The number of halogens is 3. The summed E-state index contributed by atoms with van der Waals surface area (Å²) in [6, 6.07) is 3.91. The zero-order valence-corrected chi connectivity index (χ0v) is 18.5. The summed E-state index contributed by atoms with van der Waals surface area (Å²) in [5, 5.41) is 29.4. The second kappa shape index (κ2) is 8.44. The van der Waals surface area contributed by atoms with Gasteiger partial charge < -0.3 is 19.5 Å². The molecule has 2 aromatic heterocycles. The fraction of sp³-hybridized carbons (Fsp3) is 0.421. The predicted octanol–water partition coefficient (Wildman–Crippen LogP) is 2.18. The van der Waals surface area contributed by atoms with Crippen molar-refractivity contribution in [2.75, 3.05) is 18.0 Å². The van der Waals surface area contributed by atoms with Crippen molar-refractivity contribution in [1.82, 2.24) is 30.4 Å². The number of rotatable bonds is 5. The Kier molecular flexibility index (Phi) is 5.53. The van der Waals surface area contributed by atoms with E-state index in [2.05, 4.69) is 30.3 Å². The van der Waals surface area contributed by atoms with Crippen LogP contribution in [-0.4, -0.2) is 72.3 Å². The number of fused-ring (bicyclic) bond motifs is 1. The highest BCUT2D eigenvalue weighted by Gasteiger charge is 2.45. The van der Waals surface area contributed by atoms with Crippen LogP contribution in [0.1, 0.15) is 29.6 Å². The van der Waals surface area contributed by atoms with Gasteiger partial charge in [0.25, 0.3) is 0 Å². The van der Waals surface area contributed by atoms with Crippen LogP contribution in [0, 0.1) is 0 Å². The lowest BCUT2D eigenvalue weighted by atomic mass is 9.82. The van der Waals surface area contributed by atoms with E-state index in [4.69, 9.17) is 9.84 Å². The van der Waals surface area contributed by atoms with Crippen LogP contribution in [0.2, 0.25) is 0 Å². The molecule has 12 nitrogen and oxygen atoms in total. The number of tetrazole rings is 1. The Labute approximate surface area is 198 Å². The smallest absolute Gasteiger partial charge is 0.486 e. The van der Waals surface area contributed by atoms with Crippen molar-refractivity contribution in [2.24, 2.45) is 0 Å². The number of Topliss-reactive ketones (excluding diaryl/α,β-unsaturated/α-hetero) is 1. The van der Waals surface area contributed by atoms with Gasteiger partial charge in [-0.2, -0.15) is 4.80 Å². The van der Waals surface area contributed by atoms with Crippen LogP contribution >= 0.6 is 11.3 Å². The van der Waals surface area contributed by atoms with E-state index in [0.29, 0.717) is 36.1 Å². The van der Waals surface area contributed by atoms with Crippen LogP contribution in [-0.2, 0) is 11.3 Å². The van der Waals surface area contributed by atoms with Gasteiger partial charge in [0.15, 0.2) is 17.3 Å². The Bertz CT molecular complexity index is 1290. The van der Waals surface area contributed by atoms with Crippen LogP contribution in [0.5, 0.6) is 11.5 Å². The molecule has 2 aliphatic heterocycles. The van der Waals surface area contributed by atoms with Crippen molar-refractivity contribution in [3.63, 3.8) is 0 Å². The standard InChI is InChI=1S/C19H16F3N7O5S/c20-19(21,22)34-12-3-1-2-11-14(12)10(30)8-18(33-11)4-6-28(7-5-18)17-25-24-16(35-17)15-23-27-29(26-15)9-13(31)32/h1-3H,4-9H2,(H,31,32). The maximum absolute atomic E-state index is 12.8. The number of carboxylic acids is 1. The third-order valence-electron chi connectivity index (χ3n) is 5.58. The minimum Gasteiger partial charge on any atom is -0.486 e. The predicted molar refractivity (Wildman–Crippen MR) is 111 cm³/mol. The van der Waals surface area contributed by atoms with Gasteiger partial charge in [0, 0.05) is 25.9 Å². The molecule has 0 amide bonds. The van der Waals surface area contributed by atoms with E-state index < -0.39 is 36.0 Å². The third-order valence-corrected chi connectivity index (χ3v) is 6.56. The molecule has 0 bridgehead atoms. The molecular formula is C19H16F3N7O5S. The molecule has 0 unspecified atom stereocenters. The number of carbonyl (C=O) groups excluding carboxylic acids is 1. The van der Waals surface area contributed by atoms with Gasteiger partial charge in [-0.15, -0.1) is 33.6 Å². The maximum Gasteiger partial charge on any atom is 0.573 e. The van der Waals surface area contributed by atoms with Crippen molar-refractivity contribution in [2.45, 2.75) is 37.8 Å². The molecule has 0 atom stereocenters. The van der Waals surface area contributed by atoms with E-state index >= 15 is 0 Å². The van der Waals surface area contributed by atoms with Crippen molar-refractivity contribution in [3.8, 4) is 22.3 Å². The summed E-state index contributed by atoms with van der Waals surface area (Å²) in [6.07, 6.45) is -4.12. The molecule has 1 spiro atoms. The summed E-state index contributed by atoms with van der Waals surface area (Å²) in [4.78, 5) is 26.5. The zero-order valence-electron chi connectivity index (χ0n) is 17.7. The second-order valence-corrected chi connectivity index (χ2v) is 8.93. The highest BCUT2D eigenvalue weighted by atomic mass is 32.1. The monoisotopic (exact) mass is 511 g/mol. The van der Waals surface area contributed by atoms with Crippen LogP contribution in [0.3, 0.4) is 0 Å². The van der Waals surface area contributed by atoms with Gasteiger partial charge in [0.2, 0.25) is 11.0 Å². The van der Waals surface area contributed by atoms with Gasteiger partial charge in [-0.1, -0.05) is 17.4 Å². The molecule has 1 fully saturated rings. The molecule has 5 rings (SSSR count). The first-order chi connectivity index (χ1) is 16.6. The summed E-state index contributed by atoms with van der Waals surface area (Å²) in [5.41, 5.74) is -1.04. The Hall–Kier alpha value is -3.82. The Balaban J connectivity index is 1.27. The molecule has 184 valence electrons. The lowest BCUT2D eigenvalue weighted by Crippen LogP contribution is -2.51. The van der Waals surface area contributed by atoms with E-state index in [1.165, 1.54) is 23.5 Å². The van der Waals surface area contributed by atoms with Crippen molar-refractivity contribution < 1.29 is 37.3 Å². The lowest BCUT2D eigenvalue weighted by Gasteiger charge is -2.43. The first-order valence-electron chi connectivity index (χ1n) is 10.3. The fourth-order valence-electron chi connectivity index (χ4n) is 4.07. The van der Waals surface area contributed by atoms with Crippen molar-refractivity contribution in [1.29, 1.82) is 0 Å². The first kappa shape index (κ1) is 22.9. The summed E-state index contributed by atoms with van der Waals surface area (Å²) in [7, 11) is 0. The summed E-state index contributed by atoms with van der Waals surface area (Å²) in [6.45, 7) is 0.503. The number of nitrogens with zero attached hydrogens (tertiary/aromatic N) is 7. The third kappa shape index (κ3) is 4.73. The maximum atomic E-state index is 12.8. The largest absolute Gasteiger partial charge is 0.573 e. The molecule has 2 aliphatic rings. The number of hydrogen-bond acceptors (Lipinski definition) is 11. The van der Waals surface area contributed by atoms with Crippen molar-refractivity contribution in [3.05, 3.63) is 23.8 Å². The van der Waals surface area contributed by atoms with Gasteiger partial charge in [0.05, 0.1) is 6.42 Å². The van der Waals surface area contributed by atoms with Gasteiger partial charge in [-0.3, -0.25) is 9.59 Å². The molecule has 35 heavy (non-hydrogen) atoms. The number of carboxylic acid groups (broad SMARTS) is 1. The number of carbonyl (C=O) groups is 2. The van der Waals surface area contributed by atoms with Gasteiger partial charge in [0.1, 0.15) is 22.7 Å². The minimum absolute atomic E-state index is 0.0654. The van der Waals surface area contributed by atoms with Gasteiger partial charge >= 0.3 is 12.3 Å². The number of ether oxygens (including phenoxy) is 2. The molecule has 0 aliphatic carbocycles. The number of anilines is 1. The van der Waals surface area contributed by atoms with Gasteiger partial charge in [-0.25, -0.2) is 0 Å². The van der Waals surface area contributed by atoms with Crippen molar-refractivity contribution >= 4 is 28.2 Å². The molecule has 1 aromatic carbocycles. The molecule has 0 saturated carbocycles. The molecule has 4 heterocycles. The number of aliphatic carboxylic acids is 1. The van der Waals surface area contributed by atoms with Crippen LogP contribution in [0.25, 0.3) is 10.8 Å². The molecule has 1 saturated heterocycles. The molecule has 16 heteroatoms. The Morgan fingerprint density at radius 2 is 2.00 bits per heavy atom. The molecule has 3 aromatic rings. The number of alkyl halides is 3. The van der Waals surface area contributed by atoms with Crippen LogP contribution in [0.15, 0.2) is 18.2 Å². The number of piperidine rings is 1. The van der Waals surface area contributed by atoms with E-state index in [1.807, 2.05) is 4.90 Å². The number of ketones is 1. The number of aromatic nitrogens is 6. The Morgan fingerprint density at radius 3 is 2.71 bits per heavy atom. The SMILES string of the molecule is O=C(O)Cn1nnc(-c2nnc(N3CCC4(CC3)CC(=O)c3c(OC(F)(F)F)cccc3O4)s2)n1. The molecule has 0 radical (unpaired) electrons. The fourth-order valence-corrected chi connectivity index (χ4v) is 4.89. The molecule has 1 N–H and O–H groups in total.